The van der Waals surface area contributed by atoms with Gasteiger partial charge in [0.05, 0.1) is 5.69 Å². The van der Waals surface area contributed by atoms with Crippen LogP contribution in [0.25, 0.3) is 11.3 Å². The van der Waals surface area contributed by atoms with E-state index in [1.54, 1.807) is 6.07 Å². The van der Waals surface area contributed by atoms with Gasteiger partial charge in [0.25, 0.3) is 5.91 Å². The average Bonchev–Trinajstić information content (AvgIpc) is 3.22. The topological polar surface area (TPSA) is 76.2 Å². The van der Waals surface area contributed by atoms with Crippen LogP contribution < -0.4 is 14.8 Å². The predicted octanol–water partition coefficient (Wildman–Crippen LogP) is 3.12. The lowest BCUT2D eigenvalue weighted by atomic mass is 10.1. The monoisotopic (exact) mass is 315 g/mol. The minimum Gasteiger partial charge on any atom is -0.454 e. The maximum Gasteiger partial charge on any atom is 0.269 e. The molecular formula is C17H21N3O3. The molecule has 0 spiro atoms. The second-order valence-corrected chi connectivity index (χ2v) is 5.55. The van der Waals surface area contributed by atoms with Gasteiger partial charge in [-0.1, -0.05) is 26.2 Å². The molecule has 23 heavy (non-hydrogen) atoms. The maximum atomic E-state index is 12.1. The fourth-order valence-corrected chi connectivity index (χ4v) is 2.49. The van der Waals surface area contributed by atoms with Gasteiger partial charge in [-0.2, -0.15) is 5.10 Å². The van der Waals surface area contributed by atoms with Crippen molar-refractivity contribution >= 4 is 5.91 Å². The molecule has 0 unspecified atom stereocenters. The number of aromatic nitrogens is 2. The van der Waals surface area contributed by atoms with Crippen LogP contribution in [0.5, 0.6) is 11.5 Å². The van der Waals surface area contributed by atoms with Crippen molar-refractivity contribution in [1.29, 1.82) is 0 Å². The summed E-state index contributed by atoms with van der Waals surface area (Å²) in [6.07, 6.45) is 4.53. The molecule has 0 saturated carbocycles. The standard InChI is InChI=1S/C17H21N3O3/c1-2-3-4-5-8-18-17(21)14-10-13(19-20-14)12-6-7-15-16(9-12)23-11-22-15/h6-7,9-10H,2-5,8,11H2,1H3,(H,18,21)(H,19,20). The highest BCUT2D eigenvalue weighted by Gasteiger charge is 2.16. The molecule has 6 heteroatoms. The lowest BCUT2D eigenvalue weighted by Gasteiger charge is -2.02. The minimum atomic E-state index is -0.124. The zero-order valence-electron chi connectivity index (χ0n) is 13.2. The van der Waals surface area contributed by atoms with Gasteiger partial charge in [0.15, 0.2) is 11.5 Å². The molecule has 0 radical (unpaired) electrons. The highest BCUT2D eigenvalue weighted by Crippen LogP contribution is 2.35. The van der Waals surface area contributed by atoms with Crippen LogP contribution in [-0.4, -0.2) is 29.4 Å². The van der Waals surface area contributed by atoms with E-state index in [2.05, 4.69) is 22.4 Å². The first-order chi connectivity index (χ1) is 11.3. The van der Waals surface area contributed by atoms with E-state index in [0.29, 0.717) is 23.7 Å². The summed E-state index contributed by atoms with van der Waals surface area (Å²) in [6, 6.07) is 7.36. The molecule has 3 rings (SSSR count). The van der Waals surface area contributed by atoms with Crippen molar-refractivity contribution in [3.05, 3.63) is 30.0 Å². The van der Waals surface area contributed by atoms with Crippen LogP contribution in [0.3, 0.4) is 0 Å². The first kappa shape index (κ1) is 15.4. The number of nitrogens with zero attached hydrogens (tertiary/aromatic N) is 1. The summed E-state index contributed by atoms with van der Waals surface area (Å²) in [5.74, 6) is 1.31. The van der Waals surface area contributed by atoms with Crippen LogP contribution in [0.15, 0.2) is 24.3 Å². The second kappa shape index (κ2) is 7.17. The van der Waals surface area contributed by atoms with E-state index >= 15 is 0 Å². The Morgan fingerprint density at radius 3 is 2.96 bits per heavy atom. The molecule has 0 fully saturated rings. The van der Waals surface area contributed by atoms with Crippen LogP contribution in [0, 0.1) is 0 Å². The SMILES string of the molecule is CCCCCCNC(=O)c1cc(-c2ccc3c(c2)OCO3)n[nH]1. The molecule has 122 valence electrons. The lowest BCUT2D eigenvalue weighted by Crippen LogP contribution is -2.24. The molecular weight excluding hydrogens is 294 g/mol. The van der Waals surface area contributed by atoms with Gasteiger partial charge >= 0.3 is 0 Å². The Bertz CT molecular complexity index is 681. The number of ether oxygens (including phenoxy) is 2. The van der Waals surface area contributed by atoms with Gasteiger partial charge in [-0.05, 0) is 30.7 Å². The third-order valence-electron chi connectivity index (χ3n) is 3.81. The molecule has 1 aliphatic heterocycles. The van der Waals surface area contributed by atoms with E-state index in [1.165, 1.54) is 12.8 Å². The molecule has 0 aliphatic carbocycles. The summed E-state index contributed by atoms with van der Waals surface area (Å²) in [6.45, 7) is 3.10. The van der Waals surface area contributed by atoms with Crippen LogP contribution in [0.1, 0.15) is 43.1 Å². The zero-order chi connectivity index (χ0) is 16.1. The predicted molar refractivity (Wildman–Crippen MR) is 86.6 cm³/mol. The molecule has 1 aromatic carbocycles. The Balaban J connectivity index is 1.60. The summed E-state index contributed by atoms with van der Waals surface area (Å²) < 4.78 is 10.7. The number of carbonyl (C=O) groups is 1. The third-order valence-corrected chi connectivity index (χ3v) is 3.81. The molecule has 0 atom stereocenters. The van der Waals surface area contributed by atoms with Gasteiger partial charge in [0.2, 0.25) is 6.79 Å². The largest absolute Gasteiger partial charge is 0.454 e. The lowest BCUT2D eigenvalue weighted by molar-refractivity contribution is 0.0948. The van der Waals surface area contributed by atoms with Gasteiger partial charge in [0.1, 0.15) is 5.69 Å². The summed E-state index contributed by atoms with van der Waals surface area (Å²) in [5.41, 5.74) is 2.06. The van der Waals surface area contributed by atoms with Crippen LogP contribution >= 0.6 is 0 Å². The molecule has 2 aromatic rings. The molecule has 1 aromatic heterocycles. The van der Waals surface area contributed by atoms with E-state index in [9.17, 15) is 4.79 Å². The molecule has 6 nitrogen and oxygen atoms in total. The third kappa shape index (κ3) is 3.64. The zero-order valence-corrected chi connectivity index (χ0v) is 13.2. The number of benzene rings is 1. The highest BCUT2D eigenvalue weighted by atomic mass is 16.7. The van der Waals surface area contributed by atoms with E-state index in [-0.39, 0.29) is 12.7 Å². The van der Waals surface area contributed by atoms with Gasteiger partial charge in [-0.25, -0.2) is 0 Å². The summed E-state index contributed by atoms with van der Waals surface area (Å²) in [5, 5.41) is 9.91. The average molecular weight is 315 g/mol. The Morgan fingerprint density at radius 2 is 2.09 bits per heavy atom. The first-order valence-electron chi connectivity index (χ1n) is 8.01. The smallest absolute Gasteiger partial charge is 0.269 e. The first-order valence-corrected chi connectivity index (χ1v) is 8.01. The number of hydrogen-bond acceptors (Lipinski definition) is 4. The Morgan fingerprint density at radius 1 is 1.22 bits per heavy atom. The molecule has 2 N–H and O–H groups in total. The van der Waals surface area contributed by atoms with Crippen molar-refractivity contribution in [2.45, 2.75) is 32.6 Å². The maximum absolute atomic E-state index is 12.1. The van der Waals surface area contributed by atoms with Crippen molar-refractivity contribution in [1.82, 2.24) is 15.5 Å². The van der Waals surface area contributed by atoms with Crippen molar-refractivity contribution in [2.24, 2.45) is 0 Å². The number of rotatable bonds is 7. The van der Waals surface area contributed by atoms with Gasteiger partial charge in [-0.15, -0.1) is 0 Å². The van der Waals surface area contributed by atoms with Gasteiger partial charge < -0.3 is 14.8 Å². The van der Waals surface area contributed by atoms with Crippen molar-refractivity contribution < 1.29 is 14.3 Å². The van der Waals surface area contributed by atoms with Crippen molar-refractivity contribution in [2.75, 3.05) is 13.3 Å². The van der Waals surface area contributed by atoms with E-state index in [0.717, 1.165) is 24.2 Å². The normalized spacial score (nSPS) is 12.4. The quantitative estimate of drug-likeness (QED) is 0.770. The van der Waals surface area contributed by atoms with Crippen molar-refractivity contribution in [3.63, 3.8) is 0 Å². The second-order valence-electron chi connectivity index (χ2n) is 5.55. The summed E-state index contributed by atoms with van der Waals surface area (Å²) >= 11 is 0. The molecule has 0 saturated heterocycles. The Labute approximate surface area is 135 Å². The highest BCUT2D eigenvalue weighted by molar-refractivity contribution is 5.93. The van der Waals surface area contributed by atoms with Gasteiger partial charge in [0, 0.05) is 12.1 Å². The number of carbonyl (C=O) groups excluding carboxylic acids is 1. The number of nitrogens with one attached hydrogen (secondary N) is 2. The van der Waals surface area contributed by atoms with Crippen LogP contribution in [0.4, 0.5) is 0 Å². The van der Waals surface area contributed by atoms with E-state index in [1.807, 2.05) is 18.2 Å². The fourth-order valence-electron chi connectivity index (χ4n) is 2.49. The van der Waals surface area contributed by atoms with E-state index < -0.39 is 0 Å². The molecule has 1 amide bonds. The summed E-state index contributed by atoms with van der Waals surface area (Å²) in [4.78, 5) is 12.1. The number of H-pyrrole nitrogens is 1. The van der Waals surface area contributed by atoms with Crippen LogP contribution in [0.2, 0.25) is 0 Å². The molecule has 1 aliphatic rings. The number of aromatic amines is 1. The fraction of sp³-hybridized carbons (Fsp3) is 0.412. The number of fused-ring (bicyclic) bond motifs is 1. The number of unbranched alkanes of at least 4 members (excludes halogenated alkanes) is 3. The summed E-state index contributed by atoms with van der Waals surface area (Å²) in [7, 11) is 0. The van der Waals surface area contributed by atoms with Crippen molar-refractivity contribution in [3.8, 4) is 22.8 Å². The molecule has 2 heterocycles. The van der Waals surface area contributed by atoms with Crippen LogP contribution in [-0.2, 0) is 0 Å². The molecule has 0 bridgehead atoms. The van der Waals surface area contributed by atoms with Gasteiger partial charge in [-0.3, -0.25) is 9.89 Å². The minimum absolute atomic E-state index is 0.124. The Kier molecular flexibility index (Phi) is 4.80. The number of hydrogen-bond donors (Lipinski definition) is 2. The Hall–Kier alpha value is -2.50. The number of amides is 1. The van der Waals surface area contributed by atoms with E-state index in [4.69, 9.17) is 9.47 Å².